The van der Waals surface area contributed by atoms with Gasteiger partial charge in [0.25, 0.3) is 0 Å². The van der Waals surface area contributed by atoms with E-state index in [2.05, 4.69) is 10.6 Å². The van der Waals surface area contributed by atoms with E-state index in [-0.39, 0.29) is 18.1 Å². The van der Waals surface area contributed by atoms with Gasteiger partial charge in [0.1, 0.15) is 5.60 Å². The van der Waals surface area contributed by atoms with Crippen LogP contribution in [0, 0.1) is 5.92 Å². The van der Waals surface area contributed by atoms with Crippen LogP contribution in [0.25, 0.3) is 0 Å². The number of hydrogen-bond acceptors (Lipinski definition) is 6. The first-order valence-corrected chi connectivity index (χ1v) is 11.5. The Balaban J connectivity index is 1.34. The first-order valence-electron chi connectivity index (χ1n) is 11.5. The molecule has 172 valence electrons. The summed E-state index contributed by atoms with van der Waals surface area (Å²) in [5.41, 5.74) is 0.110. The Hall–Kier alpha value is -2.12. The van der Waals surface area contributed by atoms with E-state index in [1.807, 2.05) is 39.0 Å². The molecule has 1 heterocycles. The number of nitrogens with one attached hydrogen (secondary N) is 2. The Morgan fingerprint density at radius 3 is 2.42 bits per heavy atom. The highest BCUT2D eigenvalue weighted by Gasteiger charge is 2.27. The van der Waals surface area contributed by atoms with Crippen LogP contribution in [-0.4, -0.2) is 54.4 Å². The molecule has 1 aliphatic carbocycles. The molecule has 2 fully saturated rings. The molecule has 2 N–H and O–H groups in total. The fraction of sp³-hybridized carbons (Fsp3) is 0.667. The molecule has 0 aromatic heterocycles. The van der Waals surface area contributed by atoms with Gasteiger partial charge < -0.3 is 20.2 Å². The first kappa shape index (κ1) is 23.5. The predicted octanol–water partition coefficient (Wildman–Crippen LogP) is 3.90. The molecule has 2 atom stereocenters. The number of benzene rings is 1. The van der Waals surface area contributed by atoms with Crippen molar-refractivity contribution in [2.24, 2.45) is 5.92 Å². The van der Waals surface area contributed by atoms with Gasteiger partial charge in [-0.3, -0.25) is 0 Å². The zero-order chi connectivity index (χ0) is 22.3. The maximum absolute atomic E-state index is 12.2. The lowest BCUT2D eigenvalue weighted by Gasteiger charge is -2.34. The van der Waals surface area contributed by atoms with Crippen LogP contribution in [0.4, 0.5) is 4.79 Å². The van der Waals surface area contributed by atoms with Gasteiger partial charge in [0.05, 0.1) is 5.56 Å². The van der Waals surface area contributed by atoms with Crippen LogP contribution in [0.2, 0.25) is 0 Å². The Morgan fingerprint density at radius 2 is 1.74 bits per heavy atom. The molecule has 1 amide bonds. The molecule has 1 aromatic carbocycles. The second-order valence-electron chi connectivity index (χ2n) is 9.73. The van der Waals surface area contributed by atoms with Gasteiger partial charge in [-0.2, -0.15) is 0 Å². The summed E-state index contributed by atoms with van der Waals surface area (Å²) in [6.07, 6.45) is 5.90. The Kier molecular flexibility index (Phi) is 8.32. The molecule has 31 heavy (non-hydrogen) atoms. The lowest BCUT2D eigenvalue weighted by molar-refractivity contribution is -0.123. The molecule has 7 nitrogen and oxygen atoms in total. The van der Waals surface area contributed by atoms with Crippen molar-refractivity contribution in [1.82, 2.24) is 15.7 Å². The van der Waals surface area contributed by atoms with E-state index in [4.69, 9.17) is 9.57 Å². The average molecular weight is 432 g/mol. The summed E-state index contributed by atoms with van der Waals surface area (Å²) in [7, 11) is 0. The maximum Gasteiger partial charge on any atom is 0.407 e. The van der Waals surface area contributed by atoms with Crippen molar-refractivity contribution in [2.75, 3.05) is 19.6 Å². The van der Waals surface area contributed by atoms with Gasteiger partial charge in [-0.05, 0) is 77.5 Å². The molecular formula is C24H37N3O4. The van der Waals surface area contributed by atoms with Crippen molar-refractivity contribution in [3.63, 3.8) is 0 Å². The normalized spacial score (nSPS) is 23.2. The first-order chi connectivity index (χ1) is 14.8. The van der Waals surface area contributed by atoms with E-state index in [1.54, 1.807) is 17.2 Å². The summed E-state index contributed by atoms with van der Waals surface area (Å²) < 4.78 is 5.39. The minimum Gasteiger partial charge on any atom is -0.444 e. The summed E-state index contributed by atoms with van der Waals surface area (Å²) in [5.74, 6) is 0.264. The second kappa shape index (κ2) is 11.0. The number of nitrogens with zero attached hydrogens (tertiary/aromatic N) is 1. The molecule has 7 heteroatoms. The highest BCUT2D eigenvalue weighted by molar-refractivity contribution is 5.89. The van der Waals surface area contributed by atoms with E-state index in [9.17, 15) is 9.59 Å². The van der Waals surface area contributed by atoms with E-state index < -0.39 is 5.60 Å². The van der Waals surface area contributed by atoms with Crippen LogP contribution >= 0.6 is 0 Å². The number of carbonyl (C=O) groups is 2. The van der Waals surface area contributed by atoms with Crippen LogP contribution in [0.5, 0.6) is 0 Å². The van der Waals surface area contributed by atoms with Crippen LogP contribution in [0.3, 0.4) is 0 Å². The fourth-order valence-electron chi connectivity index (χ4n) is 4.31. The summed E-state index contributed by atoms with van der Waals surface area (Å²) in [4.78, 5) is 29.8. The quantitative estimate of drug-likeness (QED) is 0.711. The van der Waals surface area contributed by atoms with Crippen molar-refractivity contribution in [2.45, 2.75) is 77.0 Å². The monoisotopic (exact) mass is 431 g/mol. The SMILES string of the molecule is CC(C)(C)OC(=O)N[C@@H]1CCC[C@H](CNC2CCN(OC(=O)c3ccccc3)CC2)C1. The van der Waals surface area contributed by atoms with Gasteiger partial charge in [0.2, 0.25) is 0 Å². The number of carbonyl (C=O) groups excluding carboxylic acids is 2. The molecular weight excluding hydrogens is 394 g/mol. The van der Waals surface area contributed by atoms with Crippen molar-refractivity contribution in [3.8, 4) is 0 Å². The van der Waals surface area contributed by atoms with Crippen molar-refractivity contribution < 1.29 is 19.2 Å². The topological polar surface area (TPSA) is 79.9 Å². The average Bonchev–Trinajstić information content (AvgIpc) is 2.73. The number of amides is 1. The lowest BCUT2D eigenvalue weighted by atomic mass is 9.85. The lowest BCUT2D eigenvalue weighted by Crippen LogP contribution is -2.46. The van der Waals surface area contributed by atoms with E-state index in [0.29, 0.717) is 17.5 Å². The molecule has 3 rings (SSSR count). The number of rotatable bonds is 6. The third kappa shape index (κ3) is 8.15. The highest BCUT2D eigenvalue weighted by atomic mass is 16.7. The van der Waals surface area contributed by atoms with Gasteiger partial charge in [-0.15, -0.1) is 5.06 Å². The number of hydrogen-bond donors (Lipinski definition) is 2. The fourth-order valence-corrected chi connectivity index (χ4v) is 4.31. The molecule has 0 bridgehead atoms. The van der Waals surface area contributed by atoms with E-state index in [0.717, 1.165) is 51.7 Å². The number of alkyl carbamates (subject to hydrolysis) is 1. The molecule has 1 aliphatic heterocycles. The summed E-state index contributed by atoms with van der Waals surface area (Å²) in [6.45, 7) is 8.09. The molecule has 0 unspecified atom stereocenters. The van der Waals surface area contributed by atoms with Gasteiger partial charge in [-0.25, -0.2) is 9.59 Å². The van der Waals surface area contributed by atoms with E-state index in [1.165, 1.54) is 6.42 Å². The van der Waals surface area contributed by atoms with Crippen LogP contribution in [-0.2, 0) is 9.57 Å². The maximum atomic E-state index is 12.2. The molecule has 1 saturated carbocycles. The predicted molar refractivity (Wildman–Crippen MR) is 120 cm³/mol. The summed E-state index contributed by atoms with van der Waals surface area (Å²) in [6, 6.07) is 9.73. The van der Waals surface area contributed by atoms with Gasteiger partial charge in [0, 0.05) is 25.2 Å². The van der Waals surface area contributed by atoms with Crippen molar-refractivity contribution in [1.29, 1.82) is 0 Å². The third-order valence-corrected chi connectivity index (χ3v) is 5.87. The van der Waals surface area contributed by atoms with Gasteiger partial charge in [0.15, 0.2) is 0 Å². The molecule has 1 aromatic rings. The Morgan fingerprint density at radius 1 is 1.03 bits per heavy atom. The van der Waals surface area contributed by atoms with E-state index >= 15 is 0 Å². The van der Waals surface area contributed by atoms with Crippen LogP contribution in [0.1, 0.15) is 69.7 Å². The number of piperidine rings is 1. The summed E-state index contributed by atoms with van der Waals surface area (Å²) in [5, 5.41) is 8.51. The van der Waals surface area contributed by atoms with Crippen molar-refractivity contribution >= 4 is 12.1 Å². The molecule has 2 aliphatic rings. The molecule has 0 radical (unpaired) electrons. The van der Waals surface area contributed by atoms with Crippen molar-refractivity contribution in [3.05, 3.63) is 35.9 Å². The zero-order valence-electron chi connectivity index (χ0n) is 19.1. The molecule has 1 saturated heterocycles. The van der Waals surface area contributed by atoms with Crippen LogP contribution in [0.15, 0.2) is 30.3 Å². The van der Waals surface area contributed by atoms with Gasteiger partial charge in [-0.1, -0.05) is 24.6 Å². The minimum atomic E-state index is -0.468. The highest BCUT2D eigenvalue weighted by Crippen LogP contribution is 2.25. The van der Waals surface area contributed by atoms with Crippen LogP contribution < -0.4 is 10.6 Å². The molecule has 0 spiro atoms. The second-order valence-corrected chi connectivity index (χ2v) is 9.73. The standard InChI is InChI=1S/C24H37N3O4/c1-24(2,3)30-23(29)26-21-11-7-8-18(16-21)17-25-20-12-14-27(15-13-20)31-22(28)19-9-5-4-6-10-19/h4-6,9-10,18,20-21,25H,7-8,11-17H2,1-3H3,(H,26,29)/t18-,21+/m0/s1. The summed E-state index contributed by atoms with van der Waals surface area (Å²) >= 11 is 0. The Labute approximate surface area is 185 Å². The zero-order valence-corrected chi connectivity index (χ0v) is 19.1. The minimum absolute atomic E-state index is 0.189. The third-order valence-electron chi connectivity index (χ3n) is 5.87. The number of hydroxylamine groups is 2. The smallest absolute Gasteiger partial charge is 0.407 e. The van der Waals surface area contributed by atoms with Gasteiger partial charge >= 0.3 is 12.1 Å². The number of ether oxygens (including phenoxy) is 1. The Bertz CT molecular complexity index is 711. The largest absolute Gasteiger partial charge is 0.444 e.